The van der Waals surface area contributed by atoms with Gasteiger partial charge in [0.05, 0.1) is 16.0 Å². The quantitative estimate of drug-likeness (QED) is 0.137. The van der Waals surface area contributed by atoms with Gasteiger partial charge in [0.25, 0.3) is 0 Å². The molecule has 0 fully saturated rings. The number of nitro benzene ring substituents is 1. The Kier molecular flexibility index (Phi) is 7.36. The van der Waals surface area contributed by atoms with Crippen LogP contribution in [0.15, 0.2) is 115 Å². The Morgan fingerprint density at radius 3 is 1.68 bits per heavy atom. The second kappa shape index (κ2) is 11.6. The number of hydrogen-bond donors (Lipinski definition) is 0. The largest absolute Gasteiger partial charge is 0.317 e. The molecular weight excluding hydrogens is 585 g/mol. The Bertz CT molecular complexity index is 2240. The van der Waals surface area contributed by atoms with E-state index in [4.69, 9.17) is 0 Å². The second-order valence-electron chi connectivity index (χ2n) is 12.4. The molecule has 1 heterocycles. The van der Waals surface area contributed by atoms with E-state index in [1.54, 1.807) is 6.07 Å². The fourth-order valence-corrected chi connectivity index (χ4v) is 7.05. The standard InChI is InChI=1S/C41H34FN3O2/c1-25-18-28(4)39-35(20-25)36-21-26(2)19-29(5)40(36)44(39)38-23-30(34-24-31(42)17-16-27(34)3)22-37(41(38)45(46)47)43(32-12-8-6-9-13-32)33-14-10-7-11-15-33/h6-24H,1-5H3. The molecule has 232 valence electrons. The summed E-state index contributed by atoms with van der Waals surface area (Å²) >= 11 is 0. The lowest BCUT2D eigenvalue weighted by Crippen LogP contribution is -2.14. The summed E-state index contributed by atoms with van der Waals surface area (Å²) in [7, 11) is 0. The average Bonchev–Trinajstić information content (AvgIpc) is 3.37. The summed E-state index contributed by atoms with van der Waals surface area (Å²) in [6, 6.07) is 36.2. The first-order valence-electron chi connectivity index (χ1n) is 15.6. The Balaban J connectivity index is 1.71. The maximum Gasteiger partial charge on any atom is 0.317 e. The van der Waals surface area contributed by atoms with E-state index in [1.165, 1.54) is 12.1 Å². The zero-order chi connectivity index (χ0) is 33.0. The van der Waals surface area contributed by atoms with Crippen LogP contribution in [-0.4, -0.2) is 9.49 Å². The molecule has 0 saturated heterocycles. The van der Waals surface area contributed by atoms with Crippen molar-refractivity contribution in [3.8, 4) is 16.8 Å². The SMILES string of the molecule is Cc1cc(C)c2c(c1)c1cc(C)cc(C)c1n2-c1cc(-c2cc(F)ccc2C)cc(N(c2ccccc2)c2ccccc2)c1[N+](=O)[O-]. The minimum absolute atomic E-state index is 0.0470. The fraction of sp³-hybridized carbons (Fsp3) is 0.122. The van der Waals surface area contributed by atoms with Crippen LogP contribution < -0.4 is 4.90 Å². The van der Waals surface area contributed by atoms with E-state index in [0.717, 1.165) is 61.0 Å². The highest BCUT2D eigenvalue weighted by molar-refractivity contribution is 6.12. The Morgan fingerprint density at radius 2 is 1.17 bits per heavy atom. The van der Waals surface area contributed by atoms with Crippen LogP contribution in [0.2, 0.25) is 0 Å². The molecule has 0 radical (unpaired) electrons. The lowest BCUT2D eigenvalue weighted by atomic mass is 9.97. The molecule has 0 saturated carbocycles. The van der Waals surface area contributed by atoms with Gasteiger partial charge in [-0.25, -0.2) is 4.39 Å². The van der Waals surface area contributed by atoms with Gasteiger partial charge in [-0.05, 0) is 123 Å². The summed E-state index contributed by atoms with van der Waals surface area (Å²) < 4.78 is 16.9. The highest BCUT2D eigenvalue weighted by Gasteiger charge is 2.31. The number of para-hydroxylation sites is 2. The van der Waals surface area contributed by atoms with Gasteiger partial charge in [-0.2, -0.15) is 0 Å². The number of nitro groups is 1. The third-order valence-electron chi connectivity index (χ3n) is 8.90. The molecule has 0 spiro atoms. The molecule has 7 rings (SSSR count). The normalized spacial score (nSPS) is 11.4. The first kappa shape index (κ1) is 29.9. The molecule has 0 aliphatic carbocycles. The summed E-state index contributed by atoms with van der Waals surface area (Å²) in [5.74, 6) is -0.371. The molecule has 5 nitrogen and oxygen atoms in total. The number of fused-ring (bicyclic) bond motifs is 3. The smallest absolute Gasteiger partial charge is 0.304 e. The summed E-state index contributed by atoms with van der Waals surface area (Å²) in [6.45, 7) is 10.2. The predicted molar refractivity (Wildman–Crippen MR) is 191 cm³/mol. The van der Waals surface area contributed by atoms with Gasteiger partial charge >= 0.3 is 5.69 Å². The summed E-state index contributed by atoms with van der Waals surface area (Å²) in [5.41, 5.74) is 10.6. The van der Waals surface area contributed by atoms with Crippen molar-refractivity contribution in [1.82, 2.24) is 4.57 Å². The van der Waals surface area contributed by atoms with Crippen molar-refractivity contribution in [3.05, 3.63) is 159 Å². The van der Waals surface area contributed by atoms with Gasteiger partial charge in [0.1, 0.15) is 17.2 Å². The van der Waals surface area contributed by atoms with Crippen LogP contribution in [-0.2, 0) is 0 Å². The van der Waals surface area contributed by atoms with Gasteiger partial charge in [0.15, 0.2) is 0 Å². The van der Waals surface area contributed by atoms with E-state index >= 15 is 0 Å². The number of halogens is 1. The molecule has 0 aliphatic heterocycles. The zero-order valence-electron chi connectivity index (χ0n) is 27.0. The molecule has 0 amide bonds. The highest BCUT2D eigenvalue weighted by atomic mass is 19.1. The Labute approximate surface area is 273 Å². The van der Waals surface area contributed by atoms with Crippen LogP contribution in [0.4, 0.5) is 27.1 Å². The van der Waals surface area contributed by atoms with E-state index in [2.05, 4.69) is 56.5 Å². The summed E-state index contributed by atoms with van der Waals surface area (Å²) in [5, 5.41) is 15.6. The van der Waals surface area contributed by atoms with E-state index in [-0.39, 0.29) is 16.4 Å². The third kappa shape index (κ3) is 5.12. The van der Waals surface area contributed by atoms with E-state index in [9.17, 15) is 14.5 Å². The van der Waals surface area contributed by atoms with Gasteiger partial charge in [0, 0.05) is 22.1 Å². The van der Waals surface area contributed by atoms with Crippen LogP contribution in [0.1, 0.15) is 27.8 Å². The predicted octanol–water partition coefficient (Wildman–Crippen LogP) is 11.5. The molecule has 1 aromatic heterocycles. The molecule has 7 aromatic rings. The van der Waals surface area contributed by atoms with Gasteiger partial charge in [0.2, 0.25) is 0 Å². The molecule has 0 N–H and O–H groups in total. The first-order chi connectivity index (χ1) is 22.6. The molecule has 0 unspecified atom stereocenters. The molecular formula is C41H34FN3O2. The maximum absolute atomic E-state index is 14.9. The number of anilines is 3. The number of benzene rings is 6. The van der Waals surface area contributed by atoms with Crippen molar-refractivity contribution in [1.29, 1.82) is 0 Å². The van der Waals surface area contributed by atoms with Crippen LogP contribution >= 0.6 is 0 Å². The third-order valence-corrected chi connectivity index (χ3v) is 8.90. The first-order valence-corrected chi connectivity index (χ1v) is 15.6. The van der Waals surface area contributed by atoms with Crippen LogP contribution in [0.5, 0.6) is 0 Å². The van der Waals surface area contributed by atoms with Gasteiger partial charge in [-0.15, -0.1) is 0 Å². The van der Waals surface area contributed by atoms with Crippen molar-refractivity contribution in [2.75, 3.05) is 4.90 Å². The topological polar surface area (TPSA) is 51.3 Å². The van der Waals surface area contributed by atoms with E-state index in [1.807, 2.05) is 84.6 Å². The highest BCUT2D eigenvalue weighted by Crippen LogP contribution is 2.48. The monoisotopic (exact) mass is 619 g/mol. The number of aromatic nitrogens is 1. The minimum Gasteiger partial charge on any atom is -0.304 e. The maximum atomic E-state index is 14.9. The lowest BCUT2D eigenvalue weighted by Gasteiger charge is -2.27. The van der Waals surface area contributed by atoms with Crippen LogP contribution in [0.25, 0.3) is 38.6 Å². The molecule has 0 atom stereocenters. The van der Waals surface area contributed by atoms with Crippen LogP contribution in [0, 0.1) is 50.6 Å². The van der Waals surface area contributed by atoms with Crippen molar-refractivity contribution in [3.63, 3.8) is 0 Å². The Hall–Kier alpha value is -5.75. The summed E-state index contributed by atoms with van der Waals surface area (Å²) in [4.78, 5) is 15.2. The van der Waals surface area contributed by atoms with Crippen molar-refractivity contribution in [2.24, 2.45) is 0 Å². The van der Waals surface area contributed by atoms with Crippen molar-refractivity contribution < 1.29 is 9.31 Å². The van der Waals surface area contributed by atoms with Crippen molar-refractivity contribution in [2.45, 2.75) is 34.6 Å². The van der Waals surface area contributed by atoms with Crippen molar-refractivity contribution >= 4 is 44.6 Å². The molecule has 6 heteroatoms. The van der Waals surface area contributed by atoms with Gasteiger partial charge in [-0.1, -0.05) is 65.7 Å². The lowest BCUT2D eigenvalue weighted by molar-refractivity contribution is -0.383. The minimum atomic E-state index is -0.371. The summed E-state index contributed by atoms with van der Waals surface area (Å²) in [6.07, 6.45) is 0. The number of rotatable bonds is 6. The zero-order valence-corrected chi connectivity index (χ0v) is 27.0. The number of aryl methyl sites for hydroxylation is 5. The average molecular weight is 620 g/mol. The number of hydrogen-bond acceptors (Lipinski definition) is 3. The van der Waals surface area contributed by atoms with Crippen LogP contribution in [0.3, 0.4) is 0 Å². The van der Waals surface area contributed by atoms with E-state index in [0.29, 0.717) is 22.5 Å². The van der Waals surface area contributed by atoms with Gasteiger partial charge in [-0.3, -0.25) is 10.1 Å². The van der Waals surface area contributed by atoms with Gasteiger partial charge < -0.3 is 9.47 Å². The molecule has 0 aliphatic rings. The molecule has 0 bridgehead atoms. The molecule has 47 heavy (non-hydrogen) atoms. The Morgan fingerprint density at radius 1 is 0.638 bits per heavy atom. The fourth-order valence-electron chi connectivity index (χ4n) is 7.05. The molecule has 6 aromatic carbocycles. The number of nitrogens with zero attached hydrogens (tertiary/aromatic N) is 3. The second-order valence-corrected chi connectivity index (χ2v) is 12.4. The van der Waals surface area contributed by atoms with E-state index < -0.39 is 0 Å².